The van der Waals surface area contributed by atoms with Crippen LogP contribution in [0.25, 0.3) is 0 Å². The molecule has 0 saturated carbocycles. The van der Waals surface area contributed by atoms with Gasteiger partial charge in [0, 0.05) is 13.5 Å². The van der Waals surface area contributed by atoms with Gasteiger partial charge in [-0.25, -0.2) is 4.79 Å². The van der Waals surface area contributed by atoms with Crippen molar-refractivity contribution in [2.75, 3.05) is 13.7 Å². The van der Waals surface area contributed by atoms with Gasteiger partial charge in [0.05, 0.1) is 12.0 Å². The van der Waals surface area contributed by atoms with E-state index in [1.54, 1.807) is 0 Å². The van der Waals surface area contributed by atoms with Gasteiger partial charge in [-0.05, 0) is 12.8 Å². The third-order valence-corrected chi connectivity index (χ3v) is 3.71. The zero-order chi connectivity index (χ0) is 13.9. The van der Waals surface area contributed by atoms with E-state index in [2.05, 4.69) is 0 Å². The fourth-order valence-electron chi connectivity index (χ4n) is 2.35. The van der Waals surface area contributed by atoms with Crippen molar-refractivity contribution in [2.45, 2.75) is 39.2 Å². The SMILES string of the molecule is CCC1(CC)CC(=O)N(C(COC)C(=O)O)C1=O. The molecular formula is C12H19NO5. The van der Waals surface area contributed by atoms with E-state index in [1.807, 2.05) is 13.8 Å². The van der Waals surface area contributed by atoms with Crippen molar-refractivity contribution in [2.24, 2.45) is 5.41 Å². The highest BCUT2D eigenvalue weighted by Gasteiger charge is 2.52. The summed E-state index contributed by atoms with van der Waals surface area (Å²) in [5, 5.41) is 9.09. The van der Waals surface area contributed by atoms with Crippen molar-refractivity contribution in [3.8, 4) is 0 Å². The summed E-state index contributed by atoms with van der Waals surface area (Å²) in [5.41, 5.74) is -0.738. The van der Waals surface area contributed by atoms with Crippen LogP contribution >= 0.6 is 0 Å². The van der Waals surface area contributed by atoms with Crippen LogP contribution in [-0.2, 0) is 19.1 Å². The molecule has 0 spiro atoms. The van der Waals surface area contributed by atoms with Gasteiger partial charge in [-0.2, -0.15) is 0 Å². The van der Waals surface area contributed by atoms with Crippen LogP contribution in [0.2, 0.25) is 0 Å². The molecule has 0 aromatic carbocycles. The van der Waals surface area contributed by atoms with Gasteiger partial charge in [0.15, 0.2) is 6.04 Å². The number of aliphatic carboxylic acids is 1. The zero-order valence-electron chi connectivity index (χ0n) is 10.9. The average molecular weight is 257 g/mol. The molecule has 1 unspecified atom stereocenters. The molecule has 0 aromatic heterocycles. The van der Waals surface area contributed by atoms with Gasteiger partial charge >= 0.3 is 5.97 Å². The maximum atomic E-state index is 12.3. The molecule has 0 aromatic rings. The van der Waals surface area contributed by atoms with Crippen LogP contribution in [0, 0.1) is 5.41 Å². The van der Waals surface area contributed by atoms with Crippen LogP contribution in [0.4, 0.5) is 0 Å². The number of nitrogens with zero attached hydrogens (tertiary/aromatic N) is 1. The molecule has 18 heavy (non-hydrogen) atoms. The Morgan fingerprint density at radius 1 is 1.44 bits per heavy atom. The minimum absolute atomic E-state index is 0.0896. The van der Waals surface area contributed by atoms with Gasteiger partial charge < -0.3 is 9.84 Å². The average Bonchev–Trinajstić information content (AvgIpc) is 2.58. The van der Waals surface area contributed by atoms with Gasteiger partial charge in [0.2, 0.25) is 11.8 Å². The Labute approximate surface area is 106 Å². The predicted molar refractivity (Wildman–Crippen MR) is 62.8 cm³/mol. The van der Waals surface area contributed by atoms with Gasteiger partial charge in [-0.3, -0.25) is 14.5 Å². The summed E-state index contributed by atoms with van der Waals surface area (Å²) in [6.07, 6.45) is 1.15. The first kappa shape index (κ1) is 14.6. The second-order valence-electron chi connectivity index (χ2n) is 4.54. The third kappa shape index (κ3) is 2.25. The summed E-state index contributed by atoms with van der Waals surface area (Å²) in [5.74, 6) is -2.03. The smallest absolute Gasteiger partial charge is 0.329 e. The molecule has 0 radical (unpaired) electrons. The molecule has 1 heterocycles. The Hall–Kier alpha value is -1.43. The largest absolute Gasteiger partial charge is 0.480 e. The van der Waals surface area contributed by atoms with Crippen molar-refractivity contribution in [1.82, 2.24) is 4.90 Å². The Balaban J connectivity index is 3.06. The number of imide groups is 1. The summed E-state index contributed by atoms with van der Waals surface area (Å²) in [6, 6.07) is -1.23. The number of hydrogen-bond acceptors (Lipinski definition) is 4. The highest BCUT2D eigenvalue weighted by Crippen LogP contribution is 2.40. The molecule has 1 atom stereocenters. The minimum atomic E-state index is -1.23. The molecule has 1 fully saturated rings. The van der Waals surface area contributed by atoms with E-state index in [9.17, 15) is 14.4 Å². The number of carboxylic acid groups (broad SMARTS) is 1. The number of carbonyl (C=O) groups is 3. The molecule has 1 N–H and O–H groups in total. The summed E-state index contributed by atoms with van der Waals surface area (Å²) in [6.45, 7) is 3.49. The lowest BCUT2D eigenvalue weighted by Gasteiger charge is -2.26. The number of carboxylic acids is 1. The number of likely N-dealkylation sites (tertiary alicyclic amines) is 1. The molecule has 0 aliphatic carbocycles. The number of amides is 2. The quantitative estimate of drug-likeness (QED) is 0.706. The minimum Gasteiger partial charge on any atom is -0.480 e. The molecule has 1 rings (SSSR count). The van der Waals surface area contributed by atoms with E-state index < -0.39 is 23.3 Å². The van der Waals surface area contributed by atoms with Crippen molar-refractivity contribution in [3.05, 3.63) is 0 Å². The molecule has 1 aliphatic heterocycles. The number of ether oxygens (including phenoxy) is 1. The van der Waals surface area contributed by atoms with E-state index in [4.69, 9.17) is 9.84 Å². The maximum Gasteiger partial charge on any atom is 0.329 e. The lowest BCUT2D eigenvalue weighted by Crippen LogP contribution is -2.49. The van der Waals surface area contributed by atoms with E-state index >= 15 is 0 Å². The summed E-state index contributed by atoms with van der Waals surface area (Å²) < 4.78 is 4.78. The number of carbonyl (C=O) groups excluding carboxylic acids is 2. The lowest BCUT2D eigenvalue weighted by molar-refractivity contribution is -0.158. The molecule has 6 heteroatoms. The Morgan fingerprint density at radius 3 is 2.33 bits per heavy atom. The van der Waals surface area contributed by atoms with Crippen molar-refractivity contribution >= 4 is 17.8 Å². The first-order valence-electron chi connectivity index (χ1n) is 6.01. The van der Waals surface area contributed by atoms with Crippen LogP contribution in [0.15, 0.2) is 0 Å². The number of rotatable bonds is 6. The topological polar surface area (TPSA) is 83.9 Å². The van der Waals surface area contributed by atoms with E-state index in [1.165, 1.54) is 7.11 Å². The molecule has 6 nitrogen and oxygen atoms in total. The third-order valence-electron chi connectivity index (χ3n) is 3.71. The Kier molecular flexibility index (Phi) is 4.45. The zero-order valence-corrected chi connectivity index (χ0v) is 10.9. The molecule has 1 aliphatic rings. The van der Waals surface area contributed by atoms with E-state index in [0.717, 1.165) is 4.90 Å². The standard InChI is InChI=1S/C12H19NO5/c1-4-12(5-2)6-9(14)13(11(12)17)8(7-18-3)10(15)16/h8H,4-7H2,1-3H3,(H,15,16). The summed E-state index contributed by atoms with van der Waals surface area (Å²) in [4.78, 5) is 36.2. The lowest BCUT2D eigenvalue weighted by atomic mass is 9.81. The van der Waals surface area contributed by atoms with Crippen LogP contribution in [0.3, 0.4) is 0 Å². The second kappa shape index (κ2) is 5.48. The fourth-order valence-corrected chi connectivity index (χ4v) is 2.35. The first-order chi connectivity index (χ1) is 8.43. The van der Waals surface area contributed by atoms with Crippen LogP contribution in [0.1, 0.15) is 33.1 Å². The van der Waals surface area contributed by atoms with Gasteiger partial charge in [-0.15, -0.1) is 0 Å². The van der Waals surface area contributed by atoms with Crippen LogP contribution < -0.4 is 0 Å². The van der Waals surface area contributed by atoms with Crippen molar-refractivity contribution in [1.29, 1.82) is 0 Å². The van der Waals surface area contributed by atoms with E-state index in [0.29, 0.717) is 12.8 Å². The van der Waals surface area contributed by atoms with Crippen LogP contribution in [-0.4, -0.2) is 47.5 Å². The monoisotopic (exact) mass is 257 g/mol. The van der Waals surface area contributed by atoms with E-state index in [-0.39, 0.29) is 18.9 Å². The Bertz CT molecular complexity index is 361. The molecule has 0 bridgehead atoms. The summed E-state index contributed by atoms with van der Waals surface area (Å²) in [7, 11) is 1.34. The van der Waals surface area contributed by atoms with Gasteiger partial charge in [-0.1, -0.05) is 13.8 Å². The first-order valence-corrected chi connectivity index (χ1v) is 6.01. The number of hydrogen-bond donors (Lipinski definition) is 1. The van der Waals surface area contributed by atoms with Crippen molar-refractivity contribution in [3.63, 3.8) is 0 Å². The number of methoxy groups -OCH3 is 1. The van der Waals surface area contributed by atoms with Crippen molar-refractivity contribution < 1.29 is 24.2 Å². The predicted octanol–water partition coefficient (Wildman–Crippen LogP) is 0.651. The Morgan fingerprint density at radius 2 is 2.00 bits per heavy atom. The fraction of sp³-hybridized carbons (Fsp3) is 0.750. The molecule has 2 amide bonds. The normalized spacial score (nSPS) is 20.3. The molecular weight excluding hydrogens is 238 g/mol. The molecule has 102 valence electrons. The second-order valence-corrected chi connectivity index (χ2v) is 4.54. The van der Waals surface area contributed by atoms with Crippen LogP contribution in [0.5, 0.6) is 0 Å². The maximum absolute atomic E-state index is 12.3. The molecule has 1 saturated heterocycles. The highest BCUT2D eigenvalue weighted by atomic mass is 16.5. The summed E-state index contributed by atoms with van der Waals surface area (Å²) >= 11 is 0. The van der Waals surface area contributed by atoms with Gasteiger partial charge in [0.25, 0.3) is 0 Å². The van der Waals surface area contributed by atoms with Gasteiger partial charge in [0.1, 0.15) is 0 Å². The highest BCUT2D eigenvalue weighted by molar-refractivity contribution is 6.08.